The summed E-state index contributed by atoms with van der Waals surface area (Å²) in [6.45, 7) is 2.63. The van der Waals surface area contributed by atoms with E-state index < -0.39 is 23.8 Å². The van der Waals surface area contributed by atoms with Crippen LogP contribution in [0.5, 0.6) is 0 Å². The van der Waals surface area contributed by atoms with Gasteiger partial charge in [-0.25, -0.2) is 9.59 Å². The number of hydrogen-bond donors (Lipinski definition) is 2. The SMILES string of the molecule is CCNc1nnc(SCC(=O)Nc2sc(C(=O)OC)c(CC(=O)OC)c2C(=O)OC)s1. The van der Waals surface area contributed by atoms with Crippen LogP contribution in [0.25, 0.3) is 0 Å². The van der Waals surface area contributed by atoms with Gasteiger partial charge in [0.25, 0.3) is 0 Å². The van der Waals surface area contributed by atoms with Crippen LogP contribution in [0.15, 0.2) is 4.34 Å². The number of amides is 1. The van der Waals surface area contributed by atoms with E-state index in [4.69, 9.17) is 9.47 Å². The average molecular weight is 489 g/mol. The van der Waals surface area contributed by atoms with Gasteiger partial charge >= 0.3 is 17.9 Å². The zero-order chi connectivity index (χ0) is 23.0. The Morgan fingerprint density at radius 1 is 1.00 bits per heavy atom. The number of ether oxygens (including phenoxy) is 3. The Hall–Kier alpha value is -2.71. The molecule has 0 aromatic carbocycles. The van der Waals surface area contributed by atoms with E-state index in [1.807, 2.05) is 6.92 Å². The van der Waals surface area contributed by atoms with Gasteiger partial charge in [0.05, 0.1) is 39.1 Å². The minimum atomic E-state index is -0.812. The molecule has 11 nitrogen and oxygen atoms in total. The zero-order valence-corrected chi connectivity index (χ0v) is 19.5. The van der Waals surface area contributed by atoms with Crippen LogP contribution in [0.4, 0.5) is 10.1 Å². The predicted molar refractivity (Wildman–Crippen MR) is 116 cm³/mol. The summed E-state index contributed by atoms with van der Waals surface area (Å²) in [6, 6.07) is 0. The predicted octanol–water partition coefficient (Wildman–Crippen LogP) is 2.05. The molecule has 1 amide bonds. The second-order valence-electron chi connectivity index (χ2n) is 5.59. The van der Waals surface area contributed by atoms with Crippen molar-refractivity contribution in [2.24, 2.45) is 0 Å². The first-order valence-electron chi connectivity index (χ1n) is 8.73. The highest BCUT2D eigenvalue weighted by atomic mass is 32.2. The first kappa shape index (κ1) is 24.6. The summed E-state index contributed by atoms with van der Waals surface area (Å²) in [6.07, 6.45) is -0.371. The summed E-state index contributed by atoms with van der Waals surface area (Å²) in [4.78, 5) is 48.8. The second kappa shape index (κ2) is 11.6. The normalized spacial score (nSPS) is 10.3. The van der Waals surface area contributed by atoms with Gasteiger partial charge in [-0.15, -0.1) is 21.5 Å². The summed E-state index contributed by atoms with van der Waals surface area (Å²) in [7, 11) is 3.50. The number of carbonyl (C=O) groups excluding carboxylic acids is 4. The largest absolute Gasteiger partial charge is 0.469 e. The minimum Gasteiger partial charge on any atom is -0.469 e. The molecule has 0 saturated heterocycles. The molecule has 0 fully saturated rings. The van der Waals surface area contributed by atoms with Gasteiger partial charge in [0, 0.05) is 12.1 Å². The Morgan fingerprint density at radius 2 is 1.71 bits per heavy atom. The number of thioether (sulfide) groups is 1. The molecular formula is C17H20N4O7S3. The van der Waals surface area contributed by atoms with Crippen molar-refractivity contribution in [1.29, 1.82) is 0 Å². The van der Waals surface area contributed by atoms with Crippen molar-refractivity contribution in [3.8, 4) is 0 Å². The van der Waals surface area contributed by atoms with E-state index in [0.717, 1.165) is 18.4 Å². The summed E-state index contributed by atoms with van der Waals surface area (Å²) < 4.78 is 14.7. The number of rotatable bonds is 10. The van der Waals surface area contributed by atoms with Gasteiger partial charge in [0.2, 0.25) is 11.0 Å². The third-order valence-corrected chi connectivity index (χ3v) is 6.77. The van der Waals surface area contributed by atoms with Crippen LogP contribution in [0.3, 0.4) is 0 Å². The highest BCUT2D eigenvalue weighted by Gasteiger charge is 2.30. The Labute approximate surface area is 189 Å². The number of anilines is 2. The number of esters is 3. The molecular weight excluding hydrogens is 468 g/mol. The van der Waals surface area contributed by atoms with E-state index in [1.165, 1.54) is 37.3 Å². The number of nitrogens with one attached hydrogen (secondary N) is 2. The molecule has 2 aromatic rings. The van der Waals surface area contributed by atoms with Gasteiger partial charge in [0.15, 0.2) is 4.34 Å². The molecule has 0 atom stereocenters. The van der Waals surface area contributed by atoms with Crippen molar-refractivity contribution < 1.29 is 33.4 Å². The van der Waals surface area contributed by atoms with Crippen molar-refractivity contribution in [2.75, 3.05) is 44.3 Å². The standard InChI is InChI=1S/C17H20N4O7S3/c1-5-18-16-20-21-17(31-16)29-7-9(22)19-13-11(14(24)27-3)8(6-10(23)26-2)12(30-13)15(25)28-4/h5-7H2,1-4H3,(H,18,20)(H,19,22). The molecule has 31 heavy (non-hydrogen) atoms. The van der Waals surface area contributed by atoms with E-state index in [-0.39, 0.29) is 33.2 Å². The number of nitrogens with zero attached hydrogens (tertiary/aromatic N) is 2. The lowest BCUT2D eigenvalue weighted by molar-refractivity contribution is -0.139. The van der Waals surface area contributed by atoms with E-state index in [1.54, 1.807) is 0 Å². The van der Waals surface area contributed by atoms with Crippen LogP contribution in [-0.2, 0) is 30.2 Å². The molecule has 2 N–H and O–H groups in total. The van der Waals surface area contributed by atoms with E-state index >= 15 is 0 Å². The molecule has 0 bridgehead atoms. The van der Waals surface area contributed by atoms with Crippen LogP contribution in [0.2, 0.25) is 0 Å². The van der Waals surface area contributed by atoms with E-state index in [9.17, 15) is 19.2 Å². The monoisotopic (exact) mass is 488 g/mol. The third kappa shape index (κ3) is 6.38. The zero-order valence-electron chi connectivity index (χ0n) is 17.1. The molecule has 2 aromatic heterocycles. The number of thiophene rings is 1. The minimum absolute atomic E-state index is 0.00402. The van der Waals surface area contributed by atoms with Crippen LogP contribution < -0.4 is 10.6 Å². The second-order valence-corrected chi connectivity index (χ2v) is 8.81. The molecule has 2 rings (SSSR count). The molecule has 0 radical (unpaired) electrons. The molecule has 14 heteroatoms. The number of hydrogen-bond acceptors (Lipinski definition) is 13. The molecule has 0 spiro atoms. The Balaban J connectivity index is 2.26. The van der Waals surface area contributed by atoms with Gasteiger partial charge in [-0.3, -0.25) is 9.59 Å². The van der Waals surface area contributed by atoms with Crippen LogP contribution in [-0.4, -0.2) is 67.6 Å². The van der Waals surface area contributed by atoms with Crippen molar-refractivity contribution >= 4 is 68.4 Å². The maximum atomic E-state index is 12.5. The van der Waals surface area contributed by atoms with Crippen molar-refractivity contribution in [3.63, 3.8) is 0 Å². The van der Waals surface area contributed by atoms with Crippen LogP contribution in [0.1, 0.15) is 32.5 Å². The lowest BCUT2D eigenvalue weighted by Crippen LogP contribution is -2.17. The topological polar surface area (TPSA) is 146 Å². The number of carbonyl (C=O) groups is 4. The van der Waals surface area contributed by atoms with Crippen molar-refractivity contribution in [1.82, 2.24) is 10.2 Å². The first-order valence-corrected chi connectivity index (χ1v) is 11.4. The maximum Gasteiger partial charge on any atom is 0.348 e. The van der Waals surface area contributed by atoms with Gasteiger partial charge in [0.1, 0.15) is 9.88 Å². The summed E-state index contributed by atoms with van der Waals surface area (Å²) in [5.41, 5.74) is -0.0279. The lowest BCUT2D eigenvalue weighted by Gasteiger charge is -2.07. The molecule has 168 valence electrons. The van der Waals surface area contributed by atoms with Crippen LogP contribution in [0, 0.1) is 0 Å². The fourth-order valence-electron chi connectivity index (χ4n) is 2.29. The first-order chi connectivity index (χ1) is 14.8. The van der Waals surface area contributed by atoms with Crippen molar-refractivity contribution in [3.05, 3.63) is 16.0 Å². The van der Waals surface area contributed by atoms with Crippen molar-refractivity contribution in [2.45, 2.75) is 17.7 Å². The van der Waals surface area contributed by atoms with Gasteiger partial charge in [-0.2, -0.15) is 0 Å². The van der Waals surface area contributed by atoms with E-state index in [2.05, 4.69) is 25.6 Å². The van der Waals surface area contributed by atoms with Gasteiger partial charge < -0.3 is 24.8 Å². The molecule has 0 aliphatic carbocycles. The van der Waals surface area contributed by atoms with Gasteiger partial charge in [-0.05, 0) is 6.92 Å². The number of aromatic nitrogens is 2. The molecule has 0 aliphatic heterocycles. The maximum absolute atomic E-state index is 12.5. The smallest absolute Gasteiger partial charge is 0.348 e. The summed E-state index contributed by atoms with van der Waals surface area (Å²) >= 11 is 3.29. The third-order valence-electron chi connectivity index (χ3n) is 3.63. The van der Waals surface area contributed by atoms with Crippen LogP contribution >= 0.6 is 34.4 Å². The van der Waals surface area contributed by atoms with E-state index in [0.29, 0.717) is 16.0 Å². The fraction of sp³-hybridized carbons (Fsp3) is 0.412. The highest BCUT2D eigenvalue weighted by molar-refractivity contribution is 8.01. The number of methoxy groups -OCH3 is 3. The summed E-state index contributed by atoms with van der Waals surface area (Å²) in [5, 5.41) is 14.3. The summed E-state index contributed by atoms with van der Waals surface area (Å²) in [5.74, 6) is -2.70. The average Bonchev–Trinajstić information content (AvgIpc) is 3.35. The molecule has 0 aliphatic rings. The molecule has 0 saturated carbocycles. The molecule has 0 unspecified atom stereocenters. The van der Waals surface area contributed by atoms with Gasteiger partial charge in [-0.1, -0.05) is 23.1 Å². The Kier molecular flexibility index (Phi) is 9.21. The Bertz CT molecular complexity index is 973. The lowest BCUT2D eigenvalue weighted by atomic mass is 10.1. The highest BCUT2D eigenvalue weighted by Crippen LogP contribution is 2.36. The Morgan fingerprint density at radius 3 is 2.32 bits per heavy atom. The molecule has 2 heterocycles. The quantitative estimate of drug-likeness (QED) is 0.288. The fourth-order valence-corrected chi connectivity index (χ4v) is 5.06.